The van der Waals surface area contributed by atoms with Gasteiger partial charge in [-0.25, -0.2) is 0 Å². The molecule has 0 radical (unpaired) electrons. The van der Waals surface area contributed by atoms with Crippen LogP contribution in [0.15, 0.2) is 0 Å². The van der Waals surface area contributed by atoms with Crippen molar-refractivity contribution in [1.82, 2.24) is 10.6 Å². The van der Waals surface area contributed by atoms with E-state index in [0.717, 1.165) is 32.1 Å². The molecule has 4 heteroatoms. The molecule has 0 aromatic carbocycles. The molecule has 1 rings (SSSR count). The van der Waals surface area contributed by atoms with E-state index in [2.05, 4.69) is 10.6 Å². The summed E-state index contributed by atoms with van der Waals surface area (Å²) < 4.78 is 5.17. The summed E-state index contributed by atoms with van der Waals surface area (Å²) >= 11 is 0. The quantitative estimate of drug-likeness (QED) is 0.550. The molecule has 1 amide bonds. The lowest BCUT2D eigenvalue weighted by atomic mass is 10.4. The van der Waals surface area contributed by atoms with Crippen LogP contribution >= 0.6 is 0 Å². The maximum atomic E-state index is 11.3. The average Bonchev–Trinajstić information content (AvgIpc) is 3.01. The third kappa shape index (κ3) is 7.33. The minimum absolute atomic E-state index is 0.0900. The van der Waals surface area contributed by atoms with E-state index >= 15 is 0 Å². The average molecular weight is 214 g/mol. The number of ether oxygens (including phenoxy) is 1. The Balaban J connectivity index is 1.80. The van der Waals surface area contributed by atoms with Gasteiger partial charge in [-0.15, -0.1) is 0 Å². The number of carbonyl (C=O) groups is 1. The Bertz CT molecular complexity index is 181. The zero-order valence-electron chi connectivity index (χ0n) is 9.55. The summed E-state index contributed by atoms with van der Waals surface area (Å²) in [6.07, 6.45) is 3.54. The Kier molecular flexibility index (Phi) is 6.36. The summed E-state index contributed by atoms with van der Waals surface area (Å²) in [6, 6.07) is 0. The molecule has 0 aromatic heterocycles. The monoisotopic (exact) mass is 214 g/mol. The number of hydrogen-bond donors (Lipinski definition) is 2. The minimum atomic E-state index is 0.0900. The number of rotatable bonds is 9. The zero-order chi connectivity index (χ0) is 10.9. The first kappa shape index (κ1) is 12.5. The summed E-state index contributed by atoms with van der Waals surface area (Å²) in [5.74, 6) is 0.919. The van der Waals surface area contributed by atoms with Gasteiger partial charge in [-0.3, -0.25) is 4.79 Å². The molecular formula is C11H22N2O2. The molecule has 1 aliphatic carbocycles. The van der Waals surface area contributed by atoms with E-state index in [9.17, 15) is 4.79 Å². The SMILES string of the molecule is CCOCCCNC(=O)CNCC1CC1. The molecule has 1 aliphatic rings. The van der Waals surface area contributed by atoms with Crippen molar-refractivity contribution in [2.24, 2.45) is 5.92 Å². The van der Waals surface area contributed by atoms with Crippen LogP contribution in [0.5, 0.6) is 0 Å². The molecule has 15 heavy (non-hydrogen) atoms. The fraction of sp³-hybridized carbons (Fsp3) is 0.909. The van der Waals surface area contributed by atoms with Crippen LogP contribution < -0.4 is 10.6 Å². The Morgan fingerprint density at radius 1 is 1.47 bits per heavy atom. The van der Waals surface area contributed by atoms with Crippen molar-refractivity contribution >= 4 is 5.91 Å². The lowest BCUT2D eigenvalue weighted by Gasteiger charge is -2.06. The summed E-state index contributed by atoms with van der Waals surface area (Å²) in [5.41, 5.74) is 0. The standard InChI is InChI=1S/C11H22N2O2/c1-2-15-7-3-6-13-11(14)9-12-8-10-4-5-10/h10,12H,2-9H2,1H3,(H,13,14). The maximum absolute atomic E-state index is 11.3. The third-order valence-corrected chi connectivity index (χ3v) is 2.41. The summed E-state index contributed by atoms with van der Waals surface area (Å²) in [7, 11) is 0. The molecule has 88 valence electrons. The van der Waals surface area contributed by atoms with Crippen molar-refractivity contribution in [1.29, 1.82) is 0 Å². The van der Waals surface area contributed by atoms with Gasteiger partial charge in [0.05, 0.1) is 6.54 Å². The van der Waals surface area contributed by atoms with Crippen molar-refractivity contribution in [3.05, 3.63) is 0 Å². The van der Waals surface area contributed by atoms with Crippen LogP contribution in [-0.4, -0.2) is 38.8 Å². The van der Waals surface area contributed by atoms with Crippen LogP contribution in [0.2, 0.25) is 0 Å². The molecule has 0 saturated heterocycles. The van der Waals surface area contributed by atoms with Crippen molar-refractivity contribution in [2.75, 3.05) is 32.8 Å². The van der Waals surface area contributed by atoms with Crippen LogP contribution in [0.4, 0.5) is 0 Å². The zero-order valence-corrected chi connectivity index (χ0v) is 9.55. The molecular weight excluding hydrogens is 192 g/mol. The van der Waals surface area contributed by atoms with E-state index in [1.165, 1.54) is 12.8 Å². The van der Waals surface area contributed by atoms with E-state index < -0.39 is 0 Å². The van der Waals surface area contributed by atoms with E-state index in [1.54, 1.807) is 0 Å². The van der Waals surface area contributed by atoms with Gasteiger partial charge in [-0.05, 0) is 38.6 Å². The highest BCUT2D eigenvalue weighted by Gasteiger charge is 2.20. The van der Waals surface area contributed by atoms with Crippen LogP contribution in [0.3, 0.4) is 0 Å². The van der Waals surface area contributed by atoms with Crippen LogP contribution in [0.25, 0.3) is 0 Å². The van der Waals surface area contributed by atoms with Gasteiger partial charge < -0.3 is 15.4 Å². The van der Waals surface area contributed by atoms with Crippen molar-refractivity contribution < 1.29 is 9.53 Å². The fourth-order valence-corrected chi connectivity index (χ4v) is 1.32. The molecule has 0 aromatic rings. The van der Waals surface area contributed by atoms with Gasteiger partial charge in [0.1, 0.15) is 0 Å². The third-order valence-electron chi connectivity index (χ3n) is 2.41. The molecule has 0 atom stereocenters. The number of amides is 1. The Labute approximate surface area is 91.8 Å². The van der Waals surface area contributed by atoms with E-state index in [-0.39, 0.29) is 5.91 Å². The van der Waals surface area contributed by atoms with Gasteiger partial charge >= 0.3 is 0 Å². The Morgan fingerprint density at radius 3 is 2.93 bits per heavy atom. The number of carbonyl (C=O) groups excluding carboxylic acids is 1. The first-order chi connectivity index (χ1) is 7.33. The summed E-state index contributed by atoms with van der Waals surface area (Å²) in [4.78, 5) is 11.3. The molecule has 0 heterocycles. The van der Waals surface area contributed by atoms with Gasteiger partial charge in [0, 0.05) is 19.8 Å². The highest BCUT2D eigenvalue weighted by atomic mass is 16.5. The van der Waals surface area contributed by atoms with E-state index in [0.29, 0.717) is 13.1 Å². The summed E-state index contributed by atoms with van der Waals surface area (Å²) in [5, 5.41) is 6.01. The smallest absolute Gasteiger partial charge is 0.233 e. The largest absolute Gasteiger partial charge is 0.382 e. The lowest BCUT2D eigenvalue weighted by Crippen LogP contribution is -2.35. The molecule has 0 bridgehead atoms. The van der Waals surface area contributed by atoms with Crippen molar-refractivity contribution in [3.63, 3.8) is 0 Å². The summed E-state index contributed by atoms with van der Waals surface area (Å²) in [6.45, 7) is 5.60. The predicted molar refractivity (Wildman–Crippen MR) is 59.7 cm³/mol. The van der Waals surface area contributed by atoms with Crippen LogP contribution in [-0.2, 0) is 9.53 Å². The minimum Gasteiger partial charge on any atom is -0.382 e. The van der Waals surface area contributed by atoms with Gasteiger partial charge in [0.15, 0.2) is 0 Å². The fourth-order valence-electron chi connectivity index (χ4n) is 1.32. The Hall–Kier alpha value is -0.610. The number of hydrogen-bond acceptors (Lipinski definition) is 3. The molecule has 0 spiro atoms. The highest BCUT2D eigenvalue weighted by Crippen LogP contribution is 2.27. The van der Waals surface area contributed by atoms with E-state index in [1.807, 2.05) is 6.92 Å². The topological polar surface area (TPSA) is 50.4 Å². The molecule has 0 aliphatic heterocycles. The van der Waals surface area contributed by atoms with Crippen molar-refractivity contribution in [2.45, 2.75) is 26.2 Å². The molecule has 1 fully saturated rings. The van der Waals surface area contributed by atoms with Gasteiger partial charge in [0.2, 0.25) is 5.91 Å². The highest BCUT2D eigenvalue weighted by molar-refractivity contribution is 5.77. The lowest BCUT2D eigenvalue weighted by molar-refractivity contribution is -0.120. The first-order valence-electron chi connectivity index (χ1n) is 5.88. The molecule has 4 nitrogen and oxygen atoms in total. The second-order valence-electron chi connectivity index (χ2n) is 3.97. The molecule has 2 N–H and O–H groups in total. The first-order valence-corrected chi connectivity index (χ1v) is 5.88. The Morgan fingerprint density at radius 2 is 2.27 bits per heavy atom. The predicted octanol–water partition coefficient (Wildman–Crippen LogP) is 0.529. The normalized spacial score (nSPS) is 15.3. The van der Waals surface area contributed by atoms with E-state index in [4.69, 9.17) is 4.74 Å². The van der Waals surface area contributed by atoms with Gasteiger partial charge in [-0.2, -0.15) is 0 Å². The van der Waals surface area contributed by atoms with Crippen LogP contribution in [0, 0.1) is 5.92 Å². The second-order valence-corrected chi connectivity index (χ2v) is 3.97. The molecule has 1 saturated carbocycles. The maximum Gasteiger partial charge on any atom is 0.233 e. The van der Waals surface area contributed by atoms with Gasteiger partial charge in [0.25, 0.3) is 0 Å². The number of nitrogens with one attached hydrogen (secondary N) is 2. The molecule has 0 unspecified atom stereocenters. The van der Waals surface area contributed by atoms with Crippen molar-refractivity contribution in [3.8, 4) is 0 Å². The second kappa shape index (κ2) is 7.65. The van der Waals surface area contributed by atoms with Gasteiger partial charge in [-0.1, -0.05) is 0 Å². The van der Waals surface area contributed by atoms with Crippen LogP contribution in [0.1, 0.15) is 26.2 Å².